The topological polar surface area (TPSA) is 56.5 Å². The van der Waals surface area contributed by atoms with Gasteiger partial charge in [-0.25, -0.2) is 4.79 Å². The van der Waals surface area contributed by atoms with Crippen molar-refractivity contribution in [3.8, 4) is 0 Å². The molecule has 0 radical (unpaired) electrons. The molecular weight excluding hydrogens is 340 g/mol. The van der Waals surface area contributed by atoms with Crippen LogP contribution in [0, 0.1) is 24.7 Å². The molecule has 0 saturated heterocycles. The number of ether oxygens (including phenoxy) is 1. The minimum atomic E-state index is -0.404. The standard InChI is InChI=1S/C23H28O4/c1-13(2)19-11-20-18(10-23(25)27-21(20)6-14(19)3)12-26-22(24)9-17-8-15-4-5-16(17)7-15/h6,10-11,13,15-17H,4-5,7-9,12H2,1-3H3/t15-,16+,17-/m0/s1. The van der Waals surface area contributed by atoms with Crippen molar-refractivity contribution in [2.24, 2.45) is 17.8 Å². The van der Waals surface area contributed by atoms with E-state index < -0.39 is 5.63 Å². The van der Waals surface area contributed by atoms with Gasteiger partial charge in [0, 0.05) is 23.4 Å². The smallest absolute Gasteiger partial charge is 0.336 e. The molecule has 2 bridgehead atoms. The van der Waals surface area contributed by atoms with Crippen LogP contribution in [0.3, 0.4) is 0 Å². The third-order valence-electron chi connectivity index (χ3n) is 6.54. The van der Waals surface area contributed by atoms with Crippen molar-refractivity contribution < 1.29 is 13.9 Å². The molecule has 2 aliphatic carbocycles. The van der Waals surface area contributed by atoms with E-state index in [1.54, 1.807) is 0 Å². The highest BCUT2D eigenvalue weighted by atomic mass is 16.5. The minimum Gasteiger partial charge on any atom is -0.461 e. The van der Waals surface area contributed by atoms with Gasteiger partial charge in [0.25, 0.3) is 0 Å². The number of hydrogen-bond donors (Lipinski definition) is 0. The molecule has 1 heterocycles. The van der Waals surface area contributed by atoms with Gasteiger partial charge in [-0.2, -0.15) is 0 Å². The molecule has 4 rings (SSSR count). The van der Waals surface area contributed by atoms with Crippen molar-refractivity contribution in [3.05, 3.63) is 45.3 Å². The lowest BCUT2D eigenvalue weighted by Crippen LogP contribution is -2.17. The Morgan fingerprint density at radius 2 is 2.04 bits per heavy atom. The van der Waals surface area contributed by atoms with Crippen molar-refractivity contribution in [1.82, 2.24) is 0 Å². The lowest BCUT2D eigenvalue weighted by molar-refractivity contribution is -0.146. The summed E-state index contributed by atoms with van der Waals surface area (Å²) in [6.07, 6.45) is 5.58. The molecule has 0 aliphatic heterocycles. The Bertz CT molecular complexity index is 924. The Morgan fingerprint density at radius 3 is 2.70 bits per heavy atom. The van der Waals surface area contributed by atoms with Crippen LogP contribution in [-0.2, 0) is 16.1 Å². The van der Waals surface area contributed by atoms with Gasteiger partial charge < -0.3 is 9.15 Å². The molecule has 1 aromatic carbocycles. The maximum atomic E-state index is 12.4. The Labute approximate surface area is 159 Å². The molecule has 0 unspecified atom stereocenters. The summed E-state index contributed by atoms with van der Waals surface area (Å²) in [6.45, 7) is 6.43. The first-order valence-corrected chi connectivity index (χ1v) is 10.1. The predicted octanol–water partition coefficient (Wildman–Crippen LogP) is 5.09. The zero-order valence-corrected chi connectivity index (χ0v) is 16.4. The molecular formula is C23H28O4. The molecule has 2 aromatic rings. The van der Waals surface area contributed by atoms with Gasteiger partial charge in [-0.15, -0.1) is 0 Å². The molecule has 0 N–H and O–H groups in total. The summed E-state index contributed by atoms with van der Waals surface area (Å²) in [5.74, 6) is 2.25. The van der Waals surface area contributed by atoms with Gasteiger partial charge in [0.15, 0.2) is 0 Å². The Hall–Kier alpha value is -2.10. The van der Waals surface area contributed by atoms with E-state index in [1.807, 2.05) is 13.0 Å². The van der Waals surface area contributed by atoms with E-state index in [9.17, 15) is 9.59 Å². The zero-order valence-electron chi connectivity index (χ0n) is 16.4. The molecule has 2 fully saturated rings. The predicted molar refractivity (Wildman–Crippen MR) is 105 cm³/mol. The quantitative estimate of drug-likeness (QED) is 0.544. The number of benzene rings is 1. The van der Waals surface area contributed by atoms with E-state index in [0.717, 1.165) is 22.4 Å². The third kappa shape index (κ3) is 3.67. The van der Waals surface area contributed by atoms with Gasteiger partial charge in [-0.1, -0.05) is 20.3 Å². The summed E-state index contributed by atoms with van der Waals surface area (Å²) < 4.78 is 10.9. The zero-order chi connectivity index (χ0) is 19.1. The van der Waals surface area contributed by atoms with Gasteiger partial charge in [-0.3, -0.25) is 4.79 Å². The van der Waals surface area contributed by atoms with Gasteiger partial charge in [0.05, 0.1) is 0 Å². The Balaban J connectivity index is 1.51. The molecule has 144 valence electrons. The SMILES string of the molecule is Cc1cc2oc(=O)cc(COC(=O)C[C@@H]3C[C@H]4CC[C@@H]3C4)c2cc1C(C)C. The van der Waals surface area contributed by atoms with Gasteiger partial charge in [0.1, 0.15) is 12.2 Å². The van der Waals surface area contributed by atoms with Crippen LogP contribution in [0.2, 0.25) is 0 Å². The number of rotatable bonds is 5. The third-order valence-corrected chi connectivity index (χ3v) is 6.54. The highest BCUT2D eigenvalue weighted by Crippen LogP contribution is 2.49. The molecule has 27 heavy (non-hydrogen) atoms. The van der Waals surface area contributed by atoms with E-state index in [0.29, 0.717) is 29.8 Å². The van der Waals surface area contributed by atoms with Gasteiger partial charge in [-0.05, 0) is 73.1 Å². The monoisotopic (exact) mass is 368 g/mol. The number of carbonyl (C=O) groups is 1. The first-order valence-electron chi connectivity index (χ1n) is 10.1. The van der Waals surface area contributed by atoms with E-state index in [-0.39, 0.29) is 12.6 Å². The van der Waals surface area contributed by atoms with E-state index in [4.69, 9.17) is 9.15 Å². The lowest BCUT2D eigenvalue weighted by Gasteiger charge is -2.20. The maximum Gasteiger partial charge on any atom is 0.336 e. The van der Waals surface area contributed by atoms with Crippen LogP contribution in [0.25, 0.3) is 11.0 Å². The van der Waals surface area contributed by atoms with Crippen molar-refractivity contribution in [2.45, 2.75) is 65.4 Å². The summed E-state index contributed by atoms with van der Waals surface area (Å²) in [5.41, 5.74) is 3.20. The van der Waals surface area contributed by atoms with Crippen LogP contribution in [0.15, 0.2) is 27.4 Å². The number of fused-ring (bicyclic) bond motifs is 3. The Kier molecular flexibility index (Phi) is 4.83. The summed E-state index contributed by atoms with van der Waals surface area (Å²) in [7, 11) is 0. The molecule has 0 spiro atoms. The second-order valence-electron chi connectivity index (χ2n) is 8.75. The molecule has 2 aliphatic rings. The van der Waals surface area contributed by atoms with Crippen LogP contribution in [-0.4, -0.2) is 5.97 Å². The normalized spacial score (nSPS) is 24.1. The van der Waals surface area contributed by atoms with Crippen LogP contribution >= 0.6 is 0 Å². The van der Waals surface area contributed by atoms with Crippen LogP contribution in [0.4, 0.5) is 0 Å². The minimum absolute atomic E-state index is 0.127. The molecule has 2 saturated carbocycles. The molecule has 4 nitrogen and oxygen atoms in total. The molecule has 4 heteroatoms. The Morgan fingerprint density at radius 1 is 1.22 bits per heavy atom. The van der Waals surface area contributed by atoms with Crippen molar-refractivity contribution in [3.63, 3.8) is 0 Å². The first kappa shape index (κ1) is 18.3. The fraction of sp³-hybridized carbons (Fsp3) is 0.565. The summed E-state index contributed by atoms with van der Waals surface area (Å²) in [5, 5.41) is 0.858. The summed E-state index contributed by atoms with van der Waals surface area (Å²) >= 11 is 0. The van der Waals surface area contributed by atoms with Crippen molar-refractivity contribution >= 4 is 16.9 Å². The number of carbonyl (C=O) groups excluding carboxylic acids is 1. The number of aryl methyl sites for hydroxylation is 1. The highest BCUT2D eigenvalue weighted by molar-refractivity contribution is 5.82. The van der Waals surface area contributed by atoms with Crippen molar-refractivity contribution in [2.75, 3.05) is 0 Å². The summed E-state index contributed by atoms with van der Waals surface area (Å²) in [4.78, 5) is 24.3. The van der Waals surface area contributed by atoms with Crippen LogP contribution in [0.5, 0.6) is 0 Å². The average molecular weight is 368 g/mol. The second kappa shape index (κ2) is 7.14. The lowest BCUT2D eigenvalue weighted by atomic mass is 9.86. The van der Waals surface area contributed by atoms with Crippen molar-refractivity contribution in [1.29, 1.82) is 0 Å². The first-order chi connectivity index (χ1) is 12.9. The van der Waals surface area contributed by atoms with E-state index in [1.165, 1.54) is 37.3 Å². The highest BCUT2D eigenvalue weighted by Gasteiger charge is 2.40. The van der Waals surface area contributed by atoms with Gasteiger partial charge >= 0.3 is 11.6 Å². The fourth-order valence-electron chi connectivity index (χ4n) is 5.19. The van der Waals surface area contributed by atoms with E-state index >= 15 is 0 Å². The number of hydrogen-bond acceptors (Lipinski definition) is 4. The molecule has 0 amide bonds. The average Bonchev–Trinajstić information content (AvgIpc) is 3.21. The summed E-state index contributed by atoms with van der Waals surface area (Å²) in [6, 6.07) is 5.43. The fourth-order valence-corrected chi connectivity index (χ4v) is 5.19. The van der Waals surface area contributed by atoms with E-state index in [2.05, 4.69) is 19.9 Å². The second-order valence-corrected chi connectivity index (χ2v) is 8.75. The number of esters is 1. The largest absolute Gasteiger partial charge is 0.461 e. The maximum absolute atomic E-state index is 12.4. The molecule has 3 atom stereocenters. The van der Waals surface area contributed by atoms with Gasteiger partial charge in [0.2, 0.25) is 0 Å². The van der Waals surface area contributed by atoms with Crippen LogP contribution in [0.1, 0.15) is 68.6 Å². The van der Waals surface area contributed by atoms with Crippen LogP contribution < -0.4 is 5.63 Å². The molecule has 1 aromatic heterocycles.